The second-order valence-corrected chi connectivity index (χ2v) is 3.25. The molecule has 0 aliphatic heterocycles. The summed E-state index contributed by atoms with van der Waals surface area (Å²) in [5.41, 5.74) is 0.853. The van der Waals surface area contributed by atoms with Gasteiger partial charge in [0.2, 0.25) is 5.82 Å². The molecule has 0 unspecified atom stereocenters. The summed E-state index contributed by atoms with van der Waals surface area (Å²) in [5, 5.41) is 0. The first-order chi connectivity index (χ1) is 8.77. The van der Waals surface area contributed by atoms with Gasteiger partial charge in [-0.05, 0) is 12.1 Å². The molecule has 0 bridgehead atoms. The molecule has 2 aromatic rings. The van der Waals surface area contributed by atoms with E-state index in [1.807, 2.05) is 6.07 Å². The van der Waals surface area contributed by atoms with E-state index in [2.05, 4.69) is 19.7 Å². The predicted molar refractivity (Wildman–Crippen MR) is 64.9 cm³/mol. The third kappa shape index (κ3) is 4.47. The fourth-order valence-corrected chi connectivity index (χ4v) is 1.28. The fraction of sp³-hybridized carbons (Fsp3) is 0.0769. The predicted octanol–water partition coefficient (Wildman–Crippen LogP) is 4.19. The standard InChI is InChI=1S/C13H9F2O.BrH.Zn/c14-11-7-4-8-12(13(11)15)16-9-10-5-2-1-3-6-10;;/h1-2,4-8H,9H2;1H;/q-1;;+2/p-1. The van der Waals surface area contributed by atoms with Crippen LogP contribution in [0.2, 0.25) is 0 Å². The molecule has 0 heterocycles. The maximum absolute atomic E-state index is 13.2. The Morgan fingerprint density at radius 1 is 1.17 bits per heavy atom. The quantitative estimate of drug-likeness (QED) is 0.586. The van der Waals surface area contributed by atoms with E-state index < -0.39 is 11.6 Å². The summed E-state index contributed by atoms with van der Waals surface area (Å²) >= 11 is 4.25. The van der Waals surface area contributed by atoms with Crippen LogP contribution in [0, 0.1) is 17.7 Å². The summed E-state index contributed by atoms with van der Waals surface area (Å²) < 4.78 is 31.2. The van der Waals surface area contributed by atoms with Crippen LogP contribution in [0.3, 0.4) is 0 Å². The molecular weight excluding hydrogens is 355 g/mol. The van der Waals surface area contributed by atoms with Crippen molar-refractivity contribution in [3.05, 3.63) is 65.7 Å². The third-order valence-corrected chi connectivity index (χ3v) is 2.08. The van der Waals surface area contributed by atoms with Crippen molar-refractivity contribution in [2.75, 3.05) is 0 Å². The molecule has 0 radical (unpaired) electrons. The fourth-order valence-electron chi connectivity index (χ4n) is 1.28. The van der Waals surface area contributed by atoms with Gasteiger partial charge in [0.25, 0.3) is 0 Å². The van der Waals surface area contributed by atoms with Crippen molar-refractivity contribution >= 4 is 13.6 Å². The Labute approximate surface area is 121 Å². The van der Waals surface area contributed by atoms with Gasteiger partial charge in [-0.1, -0.05) is 6.07 Å². The van der Waals surface area contributed by atoms with E-state index in [1.54, 1.807) is 18.2 Å². The summed E-state index contributed by atoms with van der Waals surface area (Å²) in [7, 11) is 0. The Morgan fingerprint density at radius 3 is 2.61 bits per heavy atom. The van der Waals surface area contributed by atoms with Gasteiger partial charge >= 0.3 is 30.0 Å². The summed E-state index contributed by atoms with van der Waals surface area (Å²) in [6.45, 7) is 0.192. The van der Waals surface area contributed by atoms with Gasteiger partial charge in [0.15, 0.2) is 11.6 Å². The molecule has 1 nitrogen and oxygen atoms in total. The molecule has 0 aliphatic carbocycles. The molecule has 5 heteroatoms. The van der Waals surface area contributed by atoms with E-state index in [0.29, 0.717) is 0 Å². The molecule has 90 valence electrons. The molecule has 0 saturated heterocycles. The number of hydrogen-bond donors (Lipinski definition) is 0. The molecule has 0 aromatic heterocycles. The van der Waals surface area contributed by atoms with Gasteiger partial charge < -0.3 is 4.74 Å². The SMILES string of the molecule is Fc1cccc(OCc2c[c-]ccc2)c1F.[Zn+][Br]. The minimum atomic E-state index is -0.956. The maximum atomic E-state index is 13.2. The number of hydrogen-bond acceptors (Lipinski definition) is 1. The zero-order valence-electron chi connectivity index (χ0n) is 9.50. The second-order valence-electron chi connectivity index (χ2n) is 3.25. The van der Waals surface area contributed by atoms with E-state index in [9.17, 15) is 8.78 Å². The Hall–Kier alpha value is -0.797. The number of halogens is 3. The van der Waals surface area contributed by atoms with E-state index >= 15 is 0 Å². The van der Waals surface area contributed by atoms with Crippen molar-refractivity contribution in [1.82, 2.24) is 0 Å². The van der Waals surface area contributed by atoms with Crippen LogP contribution in [0.5, 0.6) is 5.75 Å². The Kier molecular flexibility index (Phi) is 7.06. The first-order valence-corrected chi connectivity index (χ1v) is 12.0. The first kappa shape index (κ1) is 15.3. The topological polar surface area (TPSA) is 9.23 Å². The van der Waals surface area contributed by atoms with Crippen LogP contribution in [0.25, 0.3) is 0 Å². The van der Waals surface area contributed by atoms with Gasteiger partial charge in [-0.2, -0.15) is 34.7 Å². The monoisotopic (exact) mass is 362 g/mol. The molecule has 0 N–H and O–H groups in total. The van der Waals surface area contributed by atoms with Crippen LogP contribution < -0.4 is 4.74 Å². The zero-order chi connectivity index (χ0) is 13.4. The van der Waals surface area contributed by atoms with Crippen molar-refractivity contribution in [3.8, 4) is 5.75 Å². The summed E-state index contributed by atoms with van der Waals surface area (Å²) in [4.78, 5) is 0. The van der Waals surface area contributed by atoms with Crippen molar-refractivity contribution in [2.24, 2.45) is 0 Å². The molecule has 0 atom stereocenters. The van der Waals surface area contributed by atoms with Gasteiger partial charge in [-0.25, -0.2) is 4.39 Å². The van der Waals surface area contributed by atoms with Gasteiger partial charge in [0, 0.05) is 0 Å². The van der Waals surface area contributed by atoms with Crippen LogP contribution in [0.1, 0.15) is 5.56 Å². The molecular formula is C13H9BrF2OZn. The summed E-state index contributed by atoms with van der Waals surface area (Å²) in [6.07, 6.45) is 0. The number of ether oxygens (including phenoxy) is 1. The van der Waals surface area contributed by atoms with Gasteiger partial charge in [0.1, 0.15) is 0 Å². The van der Waals surface area contributed by atoms with E-state index in [-0.39, 0.29) is 12.4 Å². The Morgan fingerprint density at radius 2 is 1.94 bits per heavy atom. The van der Waals surface area contributed by atoms with E-state index in [0.717, 1.165) is 11.6 Å². The summed E-state index contributed by atoms with van der Waals surface area (Å²) in [5.74, 6) is -1.94. The molecule has 2 aromatic carbocycles. The van der Waals surface area contributed by atoms with Crippen LogP contribution in [0.4, 0.5) is 8.78 Å². The molecule has 0 spiro atoms. The van der Waals surface area contributed by atoms with Gasteiger partial charge in [0.05, 0.1) is 6.61 Å². The number of rotatable bonds is 3. The van der Waals surface area contributed by atoms with Crippen LogP contribution in [-0.2, 0) is 22.9 Å². The van der Waals surface area contributed by atoms with Gasteiger partial charge in [-0.3, -0.25) is 0 Å². The van der Waals surface area contributed by atoms with Crippen LogP contribution >= 0.6 is 13.6 Å². The second kappa shape index (κ2) is 8.33. The molecule has 0 fully saturated rings. The van der Waals surface area contributed by atoms with Crippen molar-refractivity contribution in [1.29, 1.82) is 0 Å². The van der Waals surface area contributed by atoms with E-state index in [1.165, 1.54) is 28.5 Å². The van der Waals surface area contributed by atoms with Crippen molar-refractivity contribution in [3.63, 3.8) is 0 Å². The molecule has 0 amide bonds. The average molecular weight is 365 g/mol. The van der Waals surface area contributed by atoms with Gasteiger partial charge in [-0.15, -0.1) is 5.56 Å². The van der Waals surface area contributed by atoms with Crippen LogP contribution in [0.15, 0.2) is 42.5 Å². The number of benzene rings is 2. The third-order valence-electron chi connectivity index (χ3n) is 2.08. The Bertz CT molecular complexity index is 480. The Balaban J connectivity index is 0.000000771. The first-order valence-electron chi connectivity index (χ1n) is 5.06. The normalized spacial score (nSPS) is 9.39. The minimum absolute atomic E-state index is 0.0798. The molecule has 2 rings (SSSR count). The van der Waals surface area contributed by atoms with E-state index in [4.69, 9.17) is 4.74 Å². The summed E-state index contributed by atoms with van der Waals surface area (Å²) in [6, 6.07) is 13.9. The van der Waals surface area contributed by atoms with Crippen LogP contribution in [-0.4, -0.2) is 0 Å². The molecule has 0 saturated carbocycles. The van der Waals surface area contributed by atoms with Crippen molar-refractivity contribution < 1.29 is 29.9 Å². The van der Waals surface area contributed by atoms with Crippen molar-refractivity contribution in [2.45, 2.75) is 6.61 Å². The molecule has 0 aliphatic rings. The average Bonchev–Trinajstić information content (AvgIpc) is 2.44. The molecule has 18 heavy (non-hydrogen) atoms. The zero-order valence-corrected chi connectivity index (χ0v) is 14.1.